The zero-order chi connectivity index (χ0) is 76.2. The largest absolute Gasteiger partial charge is 0.496 e. The quantitative estimate of drug-likeness (QED) is 0.0319. The minimum absolute atomic E-state index is 0.150. The topological polar surface area (TPSA) is 215 Å². The van der Waals surface area contributed by atoms with Crippen molar-refractivity contribution in [1.29, 1.82) is 0 Å². The molecule has 5 fully saturated rings. The predicted molar refractivity (Wildman–Crippen MR) is 430 cm³/mol. The molecule has 0 spiro atoms. The van der Waals surface area contributed by atoms with Crippen LogP contribution in [0.2, 0.25) is 0 Å². The van der Waals surface area contributed by atoms with Crippen LogP contribution < -0.4 is 55.9 Å². The molecular formula is C85H108FN15O6. The van der Waals surface area contributed by atoms with Crippen molar-refractivity contribution in [2.75, 3.05) is 115 Å². The van der Waals surface area contributed by atoms with Crippen LogP contribution in [-0.2, 0) is 6.54 Å². The Morgan fingerprint density at radius 2 is 1.32 bits per heavy atom. The van der Waals surface area contributed by atoms with Crippen LogP contribution in [0.15, 0.2) is 126 Å². The lowest BCUT2D eigenvalue weighted by atomic mass is 9.97. The standard InChI is InChI=1S/C85H108FN15O6/c1-17-66-46-98(25-24-95(66)12)67-20-18-51(4)74(35-67)83(102)94-56(9)59-31-77(82(106-16)81(33-59)107-50(2)3)64-42-91-100(44-64)43-61-30-70(101-49-71-34-72(101)45-96(71)13)36-76(53(61)6)85(104)92-54(7)57-19-23-73(80(32-57)105-15)63(40-89-11)41-90-78-26-52(5)75(37-79(78)99-47-68-21-22-69(48-99)97(68)14)84(103)93-55(8)58-27-60(29-65(86)28-58)62(38-87)39-88-10/h18-20,23,26-33,35-42,44,50,54-56,66,68-69,71-72,90H,17,21-22,24-25,34,43,45-49,87H2,1-16H3,(H,92,104)(H,93,103)(H,94,102)/t54-,55-,56-,66?,68-,69+,71-,72?/m1/s1. The summed E-state index contributed by atoms with van der Waals surface area (Å²) < 4.78 is 35.9. The molecule has 8 atom stereocenters. The van der Waals surface area contributed by atoms with Crippen molar-refractivity contribution < 1.29 is 33.0 Å². The van der Waals surface area contributed by atoms with Crippen LogP contribution in [0.5, 0.6) is 17.2 Å². The highest BCUT2D eigenvalue weighted by atomic mass is 19.1. The summed E-state index contributed by atoms with van der Waals surface area (Å²) >= 11 is 0. The van der Waals surface area contributed by atoms with Crippen molar-refractivity contribution in [2.45, 2.75) is 149 Å². The number of ether oxygens (including phenoxy) is 3. The van der Waals surface area contributed by atoms with Gasteiger partial charge in [0.15, 0.2) is 11.5 Å². The third-order valence-corrected chi connectivity index (χ3v) is 22.8. The fourth-order valence-corrected chi connectivity index (χ4v) is 16.4. The first kappa shape index (κ1) is 76.6. The van der Waals surface area contributed by atoms with Crippen LogP contribution in [0.25, 0.3) is 22.3 Å². The number of carbonyl (C=O) groups excluding carboxylic acids is 3. The molecule has 566 valence electrons. The highest BCUT2D eigenvalue weighted by Gasteiger charge is 2.43. The number of rotatable bonds is 26. The molecule has 6 heterocycles. The molecule has 5 aliphatic rings. The van der Waals surface area contributed by atoms with Gasteiger partial charge in [-0.2, -0.15) is 5.10 Å². The van der Waals surface area contributed by atoms with Gasteiger partial charge in [0.1, 0.15) is 11.6 Å². The molecule has 6 N–H and O–H groups in total. The Kier molecular flexibility index (Phi) is 23.6. The SMILES string of the molecule is CCC1CN(c2ccc(C)c(C(=O)N[C@H](C)c3cc(OC(C)C)c(OC)c(-c4cnn(Cc5cc(N6C[C@H]7CC6CN7C)cc(C(=O)N[C@H](C)c6ccc(C(C=NC)=CNc7cc(C)c(C(=O)N[C@H](C)c8cc(F)cc(C(C=NC)=CN)c8)cc7N7C[C@H]8CC[C@@H](C7)N8C)c(OC)c6)c5C)c4)c3)c2)CCN1C. The zero-order valence-corrected chi connectivity index (χ0v) is 65.2. The first-order valence-electron chi connectivity index (χ1n) is 37.7. The van der Waals surface area contributed by atoms with Gasteiger partial charge in [0.05, 0.1) is 62.6 Å². The molecule has 3 amide bonds. The molecule has 6 aromatic carbocycles. The van der Waals surface area contributed by atoms with Crippen molar-refractivity contribution in [2.24, 2.45) is 15.7 Å². The molecular weight excluding hydrogens is 1350 g/mol. The molecule has 4 bridgehead atoms. The molecule has 2 unspecified atom stereocenters. The number of hydrogen-bond acceptors (Lipinski definition) is 17. The van der Waals surface area contributed by atoms with Gasteiger partial charge in [0.2, 0.25) is 0 Å². The summed E-state index contributed by atoms with van der Waals surface area (Å²) in [5, 5.41) is 18.5. The van der Waals surface area contributed by atoms with Gasteiger partial charge >= 0.3 is 0 Å². The van der Waals surface area contributed by atoms with Gasteiger partial charge < -0.3 is 55.9 Å². The second-order valence-electron chi connectivity index (χ2n) is 30.2. The number of halogens is 1. The smallest absolute Gasteiger partial charge is 0.252 e. The lowest BCUT2D eigenvalue weighted by Gasteiger charge is -2.41. The summed E-state index contributed by atoms with van der Waals surface area (Å²) in [6, 6.07) is 29.7. The zero-order valence-electron chi connectivity index (χ0n) is 65.2. The predicted octanol–water partition coefficient (Wildman–Crippen LogP) is 12.8. The molecule has 0 saturated carbocycles. The fraction of sp³-hybridized carbons (Fsp3) is 0.435. The number of carbonyl (C=O) groups is 3. The maximum Gasteiger partial charge on any atom is 0.252 e. The fourth-order valence-electron chi connectivity index (χ4n) is 16.4. The van der Waals surface area contributed by atoms with E-state index in [0.29, 0.717) is 87.4 Å². The van der Waals surface area contributed by atoms with Crippen molar-refractivity contribution in [3.8, 4) is 28.4 Å². The highest BCUT2D eigenvalue weighted by molar-refractivity contribution is 6.12. The Bertz CT molecular complexity index is 4570. The molecule has 5 aliphatic heterocycles. The van der Waals surface area contributed by atoms with Gasteiger partial charge in [-0.15, -0.1) is 0 Å². The highest BCUT2D eigenvalue weighted by Crippen LogP contribution is 2.44. The number of hydrogen-bond donors (Lipinski definition) is 5. The van der Waals surface area contributed by atoms with Gasteiger partial charge in [-0.3, -0.25) is 43.7 Å². The molecule has 0 radical (unpaired) electrons. The monoisotopic (exact) mass is 1450 g/mol. The van der Waals surface area contributed by atoms with Crippen LogP contribution >= 0.6 is 0 Å². The number of aromatic nitrogens is 2. The van der Waals surface area contributed by atoms with Crippen molar-refractivity contribution in [3.63, 3.8) is 0 Å². The number of nitrogens with zero attached hydrogens (tertiary/aromatic N) is 10. The number of methoxy groups -OCH3 is 2. The molecule has 22 heteroatoms. The van der Waals surface area contributed by atoms with E-state index in [1.165, 1.54) is 18.3 Å². The van der Waals surface area contributed by atoms with E-state index in [1.807, 2.05) is 133 Å². The van der Waals surface area contributed by atoms with Crippen molar-refractivity contribution in [3.05, 3.63) is 188 Å². The number of anilines is 4. The number of fused-ring (bicyclic) bond motifs is 4. The Balaban J connectivity index is 0.790. The van der Waals surface area contributed by atoms with E-state index in [1.54, 1.807) is 40.7 Å². The van der Waals surface area contributed by atoms with Gasteiger partial charge in [-0.1, -0.05) is 25.1 Å². The maximum atomic E-state index is 15.1. The number of piperazine rings is 3. The summed E-state index contributed by atoms with van der Waals surface area (Å²) in [6.07, 6.45) is 14.7. The lowest BCUT2D eigenvalue weighted by Crippen LogP contribution is -2.52. The number of allylic oxidation sites excluding steroid dienone is 2. The van der Waals surface area contributed by atoms with Crippen LogP contribution in [0.4, 0.5) is 27.1 Å². The minimum Gasteiger partial charge on any atom is -0.496 e. The number of amides is 3. The number of likely N-dealkylation sites (N-methyl/N-ethyl adjacent to an activating group) is 3. The molecule has 7 aromatic rings. The number of nitrogens with one attached hydrogen (secondary N) is 4. The number of aryl methyl sites for hydroxylation is 2. The molecule has 0 aliphatic carbocycles. The van der Waals surface area contributed by atoms with E-state index < -0.39 is 23.9 Å². The number of likely N-dealkylation sites (tertiary alicyclic amines) is 1. The van der Waals surface area contributed by atoms with E-state index in [9.17, 15) is 9.59 Å². The van der Waals surface area contributed by atoms with Gasteiger partial charge in [-0.05, 0) is 220 Å². The van der Waals surface area contributed by atoms with Gasteiger partial charge in [-0.25, -0.2) is 4.39 Å². The van der Waals surface area contributed by atoms with E-state index >= 15 is 9.18 Å². The summed E-state index contributed by atoms with van der Waals surface area (Å²) in [4.78, 5) is 67.1. The number of benzene rings is 6. The van der Waals surface area contributed by atoms with Crippen LogP contribution in [0.1, 0.15) is 166 Å². The Labute approximate surface area is 631 Å². The first-order chi connectivity index (χ1) is 51.4. The molecule has 12 rings (SSSR count). The molecule has 1 aromatic heterocycles. The first-order valence-corrected chi connectivity index (χ1v) is 37.7. The summed E-state index contributed by atoms with van der Waals surface area (Å²) in [6.45, 7) is 24.5. The lowest BCUT2D eigenvalue weighted by molar-refractivity contribution is 0.0930. The van der Waals surface area contributed by atoms with Crippen LogP contribution in [-0.4, -0.2) is 186 Å². The minimum atomic E-state index is -0.540. The second-order valence-corrected chi connectivity index (χ2v) is 30.2. The summed E-state index contributed by atoms with van der Waals surface area (Å²) in [7, 11) is 13.2. The van der Waals surface area contributed by atoms with Gasteiger partial charge in [0, 0.05) is 177 Å². The Morgan fingerprint density at radius 1 is 0.654 bits per heavy atom. The number of aliphatic imine (C=N–C) groups is 2. The Hall–Kier alpha value is -10.0. The van der Waals surface area contributed by atoms with Crippen LogP contribution in [0.3, 0.4) is 0 Å². The van der Waals surface area contributed by atoms with E-state index in [4.69, 9.17) is 25.0 Å². The van der Waals surface area contributed by atoms with E-state index in [0.717, 1.165) is 150 Å². The normalized spacial score (nSPS) is 20.2. The molecule has 107 heavy (non-hydrogen) atoms. The average molecular weight is 1450 g/mol. The summed E-state index contributed by atoms with van der Waals surface area (Å²) in [5.74, 6) is 0.627. The maximum absolute atomic E-state index is 15.1. The van der Waals surface area contributed by atoms with Gasteiger partial charge in [0.25, 0.3) is 17.7 Å². The van der Waals surface area contributed by atoms with Crippen LogP contribution in [0, 0.1) is 26.6 Å². The Morgan fingerprint density at radius 3 is 1.96 bits per heavy atom. The third-order valence-electron chi connectivity index (χ3n) is 22.8. The van der Waals surface area contributed by atoms with E-state index in [2.05, 4.69) is 113 Å². The molecule has 21 nitrogen and oxygen atoms in total. The van der Waals surface area contributed by atoms with Crippen molar-refractivity contribution >= 4 is 64.0 Å². The average Bonchev–Trinajstić information content (AvgIpc) is 1.72. The van der Waals surface area contributed by atoms with E-state index in [-0.39, 0.29) is 23.8 Å². The van der Waals surface area contributed by atoms with Crippen molar-refractivity contribution in [1.82, 2.24) is 40.4 Å². The second kappa shape index (κ2) is 33.0. The number of nitrogens with two attached hydrogens (primary N) is 1. The third kappa shape index (κ3) is 16.6. The summed E-state index contributed by atoms with van der Waals surface area (Å²) in [5.41, 5.74) is 21.4. The molecule has 5 saturated heterocycles.